The molecule has 0 bridgehead atoms. The summed E-state index contributed by atoms with van der Waals surface area (Å²) in [4.78, 5) is 31.9. The zero-order valence-corrected chi connectivity index (χ0v) is 9.84. The van der Waals surface area contributed by atoms with Gasteiger partial charge in [-0.15, -0.1) is 0 Å². The average molecular weight is 274 g/mol. The van der Waals surface area contributed by atoms with Gasteiger partial charge in [-0.2, -0.15) is 0 Å². The first kappa shape index (κ1) is 13.9. The minimum Gasteiger partial charge on any atom is -0.480 e. The molecule has 0 radical (unpaired) electrons. The van der Waals surface area contributed by atoms with Gasteiger partial charge in [0, 0.05) is 12.1 Å². The molecule has 1 rings (SSSR count). The van der Waals surface area contributed by atoms with Crippen LogP contribution in [0.5, 0.6) is 0 Å². The van der Waals surface area contributed by atoms with Gasteiger partial charge < -0.3 is 10.2 Å². The monoisotopic (exact) mass is 273 g/mol. The van der Waals surface area contributed by atoms with Crippen LogP contribution in [0.15, 0.2) is 18.2 Å². The summed E-state index contributed by atoms with van der Waals surface area (Å²) in [6.07, 6.45) is 0. The molecule has 0 spiro atoms. The van der Waals surface area contributed by atoms with E-state index in [1.807, 2.05) is 0 Å². The van der Waals surface area contributed by atoms with Gasteiger partial charge in [0.25, 0.3) is 5.69 Å². The van der Waals surface area contributed by atoms with Crippen molar-refractivity contribution in [3.63, 3.8) is 0 Å². The zero-order valence-electron chi connectivity index (χ0n) is 9.08. The normalized spacial score (nSPS) is 11.0. The molecule has 0 aliphatic heterocycles. The summed E-state index contributed by atoms with van der Waals surface area (Å²) in [7, 11) is 0. The summed E-state index contributed by atoms with van der Waals surface area (Å²) < 4.78 is 0. The summed E-state index contributed by atoms with van der Waals surface area (Å²) in [6.45, 7) is 0.963. The van der Waals surface area contributed by atoms with E-state index in [-0.39, 0.29) is 16.3 Å². The molecule has 0 amide bonds. The lowest BCUT2D eigenvalue weighted by atomic mass is 9.82. The Morgan fingerprint density at radius 2 is 1.83 bits per heavy atom. The highest BCUT2D eigenvalue weighted by molar-refractivity contribution is 6.32. The quantitative estimate of drug-likeness (QED) is 0.489. The van der Waals surface area contributed by atoms with E-state index in [4.69, 9.17) is 21.8 Å². The van der Waals surface area contributed by atoms with Gasteiger partial charge in [-0.3, -0.25) is 19.7 Å². The second kappa shape index (κ2) is 4.61. The molecule has 0 saturated heterocycles. The number of non-ortho nitro benzene ring substituents is 1. The number of carboxylic acid groups (broad SMARTS) is 2. The highest BCUT2D eigenvalue weighted by Gasteiger charge is 2.45. The molecule has 96 valence electrons. The van der Waals surface area contributed by atoms with Crippen LogP contribution in [0.3, 0.4) is 0 Å². The van der Waals surface area contributed by atoms with Crippen LogP contribution in [0.25, 0.3) is 0 Å². The molecular weight excluding hydrogens is 266 g/mol. The summed E-state index contributed by atoms with van der Waals surface area (Å²) >= 11 is 5.71. The van der Waals surface area contributed by atoms with E-state index in [2.05, 4.69) is 0 Å². The third-order valence-electron chi connectivity index (χ3n) is 2.56. The first-order chi connectivity index (χ1) is 8.21. The fourth-order valence-electron chi connectivity index (χ4n) is 1.34. The predicted octanol–water partition coefficient (Wildman–Crippen LogP) is 1.68. The number of rotatable bonds is 4. The molecule has 0 aromatic heterocycles. The molecule has 0 unspecified atom stereocenters. The molecule has 0 saturated carbocycles. The number of hydrogen-bond donors (Lipinski definition) is 2. The Labute approximate surface area is 106 Å². The Morgan fingerprint density at radius 3 is 2.17 bits per heavy atom. The van der Waals surface area contributed by atoms with E-state index in [0.29, 0.717) is 0 Å². The molecule has 1 aromatic rings. The van der Waals surface area contributed by atoms with Crippen molar-refractivity contribution < 1.29 is 24.7 Å². The lowest BCUT2D eigenvalue weighted by Gasteiger charge is -2.21. The lowest BCUT2D eigenvalue weighted by molar-refractivity contribution is -0.384. The number of nitro benzene ring substituents is 1. The molecule has 1 aromatic carbocycles. The van der Waals surface area contributed by atoms with Crippen molar-refractivity contribution in [2.24, 2.45) is 0 Å². The van der Waals surface area contributed by atoms with Crippen molar-refractivity contribution in [2.45, 2.75) is 12.3 Å². The van der Waals surface area contributed by atoms with Crippen LogP contribution < -0.4 is 0 Å². The van der Waals surface area contributed by atoms with Crippen LogP contribution in [-0.4, -0.2) is 27.1 Å². The zero-order chi connectivity index (χ0) is 14.1. The van der Waals surface area contributed by atoms with E-state index in [1.54, 1.807) is 0 Å². The van der Waals surface area contributed by atoms with E-state index < -0.39 is 22.3 Å². The van der Waals surface area contributed by atoms with Gasteiger partial charge in [0.1, 0.15) is 0 Å². The smallest absolute Gasteiger partial charge is 0.325 e. The van der Waals surface area contributed by atoms with Crippen molar-refractivity contribution in [1.82, 2.24) is 0 Å². The van der Waals surface area contributed by atoms with Gasteiger partial charge in [-0.1, -0.05) is 11.6 Å². The van der Waals surface area contributed by atoms with Gasteiger partial charge in [-0.05, 0) is 18.6 Å². The number of nitro groups is 1. The summed E-state index contributed by atoms with van der Waals surface area (Å²) in [5.74, 6) is -3.21. The minimum atomic E-state index is -2.26. The Kier molecular flexibility index (Phi) is 3.57. The average Bonchev–Trinajstić information content (AvgIpc) is 2.27. The van der Waals surface area contributed by atoms with Crippen molar-refractivity contribution in [2.75, 3.05) is 0 Å². The standard InChI is InChI=1S/C10H8ClNO6/c1-10(8(13)14,9(15)16)6-3-2-5(12(17)18)4-7(6)11/h2-4H,1H3,(H,13,14)(H,15,16). The maximum atomic E-state index is 11.1. The third-order valence-corrected chi connectivity index (χ3v) is 2.87. The summed E-state index contributed by atoms with van der Waals surface area (Å²) in [5.41, 5.74) is -2.82. The second-order valence-corrected chi connectivity index (χ2v) is 4.06. The lowest BCUT2D eigenvalue weighted by Crippen LogP contribution is -2.41. The molecular formula is C10H8ClNO6. The number of nitrogens with zero attached hydrogens (tertiary/aromatic N) is 1. The molecule has 0 atom stereocenters. The summed E-state index contributed by atoms with van der Waals surface area (Å²) in [5, 5.41) is 28.2. The van der Waals surface area contributed by atoms with Gasteiger partial charge in [-0.25, -0.2) is 0 Å². The van der Waals surface area contributed by atoms with Crippen molar-refractivity contribution in [1.29, 1.82) is 0 Å². The van der Waals surface area contributed by atoms with E-state index >= 15 is 0 Å². The predicted molar refractivity (Wildman–Crippen MR) is 60.7 cm³/mol. The van der Waals surface area contributed by atoms with Crippen LogP contribution in [-0.2, 0) is 15.0 Å². The van der Waals surface area contributed by atoms with Gasteiger partial charge in [0.2, 0.25) is 0 Å². The Balaban J connectivity index is 3.45. The van der Waals surface area contributed by atoms with Crippen LogP contribution >= 0.6 is 11.6 Å². The Hall–Kier alpha value is -2.15. The molecule has 0 heterocycles. The number of halogens is 1. The Morgan fingerprint density at radius 1 is 1.33 bits per heavy atom. The van der Waals surface area contributed by atoms with Gasteiger partial charge in [0.05, 0.1) is 9.95 Å². The van der Waals surface area contributed by atoms with Gasteiger partial charge in [0.15, 0.2) is 5.41 Å². The van der Waals surface area contributed by atoms with E-state index in [9.17, 15) is 19.7 Å². The van der Waals surface area contributed by atoms with Crippen LogP contribution in [0, 0.1) is 10.1 Å². The van der Waals surface area contributed by atoms with E-state index in [0.717, 1.165) is 25.1 Å². The van der Waals surface area contributed by atoms with Crippen molar-refractivity contribution in [3.05, 3.63) is 38.9 Å². The maximum absolute atomic E-state index is 11.1. The highest BCUT2D eigenvalue weighted by Crippen LogP contribution is 2.33. The number of carbonyl (C=O) groups is 2. The SMILES string of the molecule is CC(C(=O)O)(C(=O)O)c1ccc([N+](=O)[O-])cc1Cl. The molecule has 0 aliphatic carbocycles. The van der Waals surface area contributed by atoms with Crippen LogP contribution in [0.1, 0.15) is 12.5 Å². The fraction of sp³-hybridized carbons (Fsp3) is 0.200. The molecule has 2 N–H and O–H groups in total. The topological polar surface area (TPSA) is 118 Å². The first-order valence-corrected chi connectivity index (χ1v) is 5.00. The van der Waals surface area contributed by atoms with Crippen molar-refractivity contribution in [3.8, 4) is 0 Å². The molecule has 18 heavy (non-hydrogen) atoms. The number of benzene rings is 1. The first-order valence-electron chi connectivity index (χ1n) is 4.62. The van der Waals surface area contributed by atoms with Gasteiger partial charge >= 0.3 is 11.9 Å². The third kappa shape index (κ3) is 2.12. The molecule has 0 aliphatic rings. The van der Waals surface area contributed by atoms with Crippen LogP contribution in [0.2, 0.25) is 5.02 Å². The second-order valence-electron chi connectivity index (χ2n) is 3.66. The Bertz CT molecular complexity index is 527. The maximum Gasteiger partial charge on any atom is 0.325 e. The largest absolute Gasteiger partial charge is 0.480 e. The molecule has 7 nitrogen and oxygen atoms in total. The molecule has 8 heteroatoms. The van der Waals surface area contributed by atoms with E-state index in [1.165, 1.54) is 0 Å². The van der Waals surface area contributed by atoms with Crippen LogP contribution in [0.4, 0.5) is 5.69 Å². The van der Waals surface area contributed by atoms with Crippen molar-refractivity contribution >= 4 is 29.2 Å². The highest BCUT2D eigenvalue weighted by atomic mass is 35.5. The number of hydrogen-bond acceptors (Lipinski definition) is 4. The summed E-state index contributed by atoms with van der Waals surface area (Å²) in [6, 6.07) is 2.95. The molecule has 0 fully saturated rings. The number of carboxylic acids is 2. The number of aliphatic carboxylic acids is 2. The fourth-order valence-corrected chi connectivity index (χ4v) is 1.71. The minimum absolute atomic E-state index is 0.213.